The standard InChI is InChI=1S/C49H78O21/c1-20-8-13-48(63-17-20)22(3)49(60)31(70-48)15-27-25-7-6-23-14-24(9-11-46(23,4)26(25)10-12-47(27,49)5)65-45-41(69-43-38(58)35(55)32(52)21(2)64-43)39(59)40(29(16-50)66-45)68-44-37(57)34(54)30(67-44)19-62-42-36(56)33(53)28(51)18-61-42/h6,20-22,24-45,50-60H,7-19H2,1-5H3/t20-,21+,22-,24+,25-,26+,27+,28-,29-,30+,31+,32+,33+,34+,35-,36-,37-,38-,39+,40-,41-,42+,43+,44+,45-,46+,47+,48-,49-/m1/s1. The molecule has 0 aromatic rings. The summed E-state index contributed by atoms with van der Waals surface area (Å²) in [6, 6.07) is 0. The van der Waals surface area contributed by atoms with E-state index in [1.807, 2.05) is 0 Å². The van der Waals surface area contributed by atoms with Crippen LogP contribution in [0.2, 0.25) is 0 Å². The maximum Gasteiger partial charge on any atom is 0.187 e. The van der Waals surface area contributed by atoms with E-state index in [1.165, 1.54) is 12.5 Å². The first-order chi connectivity index (χ1) is 33.1. The lowest BCUT2D eigenvalue weighted by molar-refractivity contribution is -0.380. The minimum atomic E-state index is -1.77. The normalized spacial score (nSPS) is 57.8. The average Bonchev–Trinajstić information content (AvgIpc) is 3.83. The van der Waals surface area contributed by atoms with Gasteiger partial charge >= 0.3 is 0 Å². The maximum atomic E-state index is 12.8. The molecule has 70 heavy (non-hydrogen) atoms. The van der Waals surface area contributed by atoms with E-state index in [9.17, 15) is 56.2 Å². The van der Waals surface area contributed by atoms with Crippen molar-refractivity contribution in [2.75, 3.05) is 26.4 Å². The topological polar surface area (TPSA) is 315 Å². The van der Waals surface area contributed by atoms with Crippen LogP contribution in [0.15, 0.2) is 11.6 Å². The lowest BCUT2D eigenvalue weighted by atomic mass is 9.46. The summed E-state index contributed by atoms with van der Waals surface area (Å²) in [6.45, 7) is 9.56. The predicted molar refractivity (Wildman–Crippen MR) is 236 cm³/mol. The maximum absolute atomic E-state index is 12.8. The van der Waals surface area contributed by atoms with Crippen molar-refractivity contribution in [3.05, 3.63) is 11.6 Å². The van der Waals surface area contributed by atoms with Crippen LogP contribution < -0.4 is 0 Å². The lowest BCUT2D eigenvalue weighted by Crippen LogP contribution is -2.65. The van der Waals surface area contributed by atoms with Crippen molar-refractivity contribution in [1.29, 1.82) is 0 Å². The van der Waals surface area contributed by atoms with E-state index in [0.29, 0.717) is 37.2 Å². The Morgan fingerprint density at radius 1 is 0.671 bits per heavy atom. The Balaban J connectivity index is 0.834. The van der Waals surface area contributed by atoms with E-state index in [-0.39, 0.29) is 35.4 Å². The van der Waals surface area contributed by atoms with Crippen molar-refractivity contribution < 1.29 is 104 Å². The fraction of sp³-hybridized carbons (Fsp3) is 0.959. The largest absolute Gasteiger partial charge is 0.394 e. The molecule has 29 atom stereocenters. The van der Waals surface area contributed by atoms with Gasteiger partial charge < -0.3 is 104 Å². The molecular weight excluding hydrogens is 925 g/mol. The molecule has 3 saturated carbocycles. The first-order valence-electron chi connectivity index (χ1n) is 25.8. The van der Waals surface area contributed by atoms with Crippen molar-refractivity contribution in [2.24, 2.45) is 40.4 Å². The zero-order valence-electron chi connectivity index (χ0n) is 40.7. The summed E-state index contributed by atoms with van der Waals surface area (Å²) < 4.78 is 61.0. The molecule has 1 spiro atoms. The zero-order valence-corrected chi connectivity index (χ0v) is 40.7. The van der Waals surface area contributed by atoms with Gasteiger partial charge in [0.2, 0.25) is 0 Å². The summed E-state index contributed by atoms with van der Waals surface area (Å²) in [5.41, 5.74) is -0.219. The second kappa shape index (κ2) is 19.5. The number of ether oxygens (including phenoxy) is 10. The van der Waals surface area contributed by atoms with E-state index in [2.05, 4.69) is 33.8 Å². The molecule has 0 bridgehead atoms. The highest BCUT2D eigenvalue weighted by molar-refractivity contribution is 5.29. The molecule has 10 aliphatic rings. The Bertz CT molecular complexity index is 1870. The molecule has 21 nitrogen and oxygen atoms in total. The van der Waals surface area contributed by atoms with Crippen LogP contribution in [-0.4, -0.2) is 217 Å². The van der Waals surface area contributed by atoms with E-state index >= 15 is 0 Å². The fourth-order valence-electron chi connectivity index (χ4n) is 14.9. The van der Waals surface area contributed by atoms with Gasteiger partial charge in [0.05, 0.1) is 44.7 Å². The monoisotopic (exact) mass is 1000 g/mol. The Hall–Kier alpha value is -1.10. The summed E-state index contributed by atoms with van der Waals surface area (Å²) in [5, 5.41) is 120. The molecule has 4 aliphatic carbocycles. The van der Waals surface area contributed by atoms with Gasteiger partial charge in [-0.3, -0.25) is 0 Å². The van der Waals surface area contributed by atoms with Gasteiger partial charge in [-0.2, -0.15) is 0 Å². The lowest BCUT2D eigenvalue weighted by Gasteiger charge is -2.60. The summed E-state index contributed by atoms with van der Waals surface area (Å²) in [5.74, 6) is 0.546. The predicted octanol–water partition coefficient (Wildman–Crippen LogP) is -1.57. The average molecular weight is 1000 g/mol. The van der Waals surface area contributed by atoms with E-state index < -0.39 is 141 Å². The molecule has 6 saturated heterocycles. The molecule has 9 fully saturated rings. The highest BCUT2D eigenvalue weighted by atomic mass is 16.8. The third-order valence-electron chi connectivity index (χ3n) is 19.3. The molecule has 0 radical (unpaired) electrons. The Morgan fingerprint density at radius 2 is 1.37 bits per heavy atom. The van der Waals surface area contributed by atoms with Gasteiger partial charge in [0.15, 0.2) is 30.9 Å². The van der Waals surface area contributed by atoms with Crippen LogP contribution in [0.25, 0.3) is 0 Å². The van der Waals surface area contributed by atoms with Crippen molar-refractivity contribution in [3.8, 4) is 0 Å². The van der Waals surface area contributed by atoms with Crippen molar-refractivity contribution in [2.45, 2.75) is 227 Å². The van der Waals surface area contributed by atoms with Crippen LogP contribution in [0.5, 0.6) is 0 Å². The number of hydrogen-bond donors (Lipinski definition) is 11. The van der Waals surface area contributed by atoms with Crippen LogP contribution in [0.4, 0.5) is 0 Å². The fourth-order valence-corrected chi connectivity index (χ4v) is 14.9. The Labute approximate surface area is 407 Å². The van der Waals surface area contributed by atoms with E-state index in [0.717, 1.165) is 44.9 Å². The molecule has 11 N–H and O–H groups in total. The number of allylic oxidation sites excluding steroid dienone is 1. The van der Waals surface area contributed by atoms with Crippen molar-refractivity contribution >= 4 is 0 Å². The first-order valence-corrected chi connectivity index (χ1v) is 25.8. The van der Waals surface area contributed by atoms with Crippen LogP contribution in [0.3, 0.4) is 0 Å². The molecule has 6 heterocycles. The Morgan fingerprint density at radius 3 is 2.10 bits per heavy atom. The first kappa shape index (κ1) is 52.3. The second-order valence-electron chi connectivity index (χ2n) is 23.1. The van der Waals surface area contributed by atoms with Crippen molar-refractivity contribution in [1.82, 2.24) is 0 Å². The molecular formula is C49H78O21. The SMILES string of the molecule is C[C@@H]1CC[C@@]2(OC1)O[C@H]1C[C@H]3[C@@H]4CC=C5C[C@@H](O[C@@H]6O[C@H](CO)[C@@H](O[C@@H]7O[C@@H](CO[C@@H]8OC[C@@H](O)[C@H](O)[C@H]8O)[C@H](O)[C@H]7O)[C@H](O)[C@H]6O[C@@H]6O[C@@H](C)[C@H](O)[C@@H](O)[C@H]6O)CC[C@]5(C)[C@H]4CC[C@]3(C)[C@@]1(O)[C@@H]2C. The molecule has 6 aliphatic heterocycles. The molecule has 0 aromatic heterocycles. The van der Waals surface area contributed by atoms with Crippen LogP contribution >= 0.6 is 0 Å². The molecule has 0 amide bonds. The molecule has 10 rings (SSSR count). The Kier molecular flexibility index (Phi) is 14.6. The summed E-state index contributed by atoms with van der Waals surface area (Å²) in [7, 11) is 0. The van der Waals surface area contributed by atoms with Gasteiger partial charge in [0.25, 0.3) is 0 Å². The van der Waals surface area contributed by atoms with Gasteiger partial charge in [0.1, 0.15) is 85.0 Å². The van der Waals surface area contributed by atoms with Crippen molar-refractivity contribution in [3.63, 3.8) is 0 Å². The highest BCUT2D eigenvalue weighted by Gasteiger charge is 2.76. The summed E-state index contributed by atoms with van der Waals surface area (Å²) in [6.07, 6.45) is -18.4. The number of hydrogen-bond acceptors (Lipinski definition) is 21. The number of aliphatic hydroxyl groups is 11. The molecule has 0 unspecified atom stereocenters. The van der Waals surface area contributed by atoms with Crippen LogP contribution in [0, 0.1) is 40.4 Å². The molecule has 400 valence electrons. The quantitative estimate of drug-likeness (QED) is 0.110. The smallest absolute Gasteiger partial charge is 0.187 e. The van der Waals surface area contributed by atoms with E-state index in [4.69, 9.17) is 47.4 Å². The minimum absolute atomic E-state index is 0.147. The molecule has 21 heteroatoms. The number of fused-ring (bicyclic) bond motifs is 7. The zero-order chi connectivity index (χ0) is 50.0. The van der Waals surface area contributed by atoms with Crippen LogP contribution in [0.1, 0.15) is 92.4 Å². The third kappa shape index (κ3) is 8.41. The second-order valence-corrected chi connectivity index (χ2v) is 23.1. The minimum Gasteiger partial charge on any atom is -0.394 e. The number of rotatable bonds is 10. The van der Waals surface area contributed by atoms with Gasteiger partial charge in [-0.1, -0.05) is 39.3 Å². The summed E-state index contributed by atoms with van der Waals surface area (Å²) >= 11 is 0. The third-order valence-corrected chi connectivity index (χ3v) is 19.3. The number of aliphatic hydroxyl groups excluding tert-OH is 10. The summed E-state index contributed by atoms with van der Waals surface area (Å²) in [4.78, 5) is 0. The van der Waals surface area contributed by atoms with E-state index in [1.54, 1.807) is 0 Å². The van der Waals surface area contributed by atoms with Gasteiger partial charge in [-0.05, 0) is 87.4 Å². The molecule has 0 aromatic carbocycles. The highest BCUT2D eigenvalue weighted by Crippen LogP contribution is 2.72. The van der Waals surface area contributed by atoms with Gasteiger partial charge in [-0.25, -0.2) is 0 Å². The van der Waals surface area contributed by atoms with Crippen LogP contribution in [-0.2, 0) is 47.4 Å². The van der Waals surface area contributed by atoms with Gasteiger partial charge in [0, 0.05) is 17.8 Å². The van der Waals surface area contributed by atoms with Gasteiger partial charge in [-0.15, -0.1) is 0 Å².